The lowest BCUT2D eigenvalue weighted by atomic mass is 10.0. The van der Waals surface area contributed by atoms with Crippen LogP contribution in [0.3, 0.4) is 0 Å². The molecule has 0 saturated heterocycles. The highest BCUT2D eigenvalue weighted by atomic mass is 32.1. The maximum Gasteiger partial charge on any atom is 0.326 e. The predicted molar refractivity (Wildman–Crippen MR) is 145 cm³/mol. The van der Waals surface area contributed by atoms with Crippen LogP contribution in [0.1, 0.15) is 46.0 Å². The fraction of sp³-hybridized carbons (Fsp3) is 0.714. The molecule has 0 aromatic heterocycles. The van der Waals surface area contributed by atoms with Gasteiger partial charge in [0.15, 0.2) is 11.9 Å². The van der Waals surface area contributed by atoms with E-state index in [0.717, 1.165) is 0 Å². The van der Waals surface area contributed by atoms with E-state index >= 15 is 0 Å². The number of rotatable bonds is 18. The summed E-state index contributed by atoms with van der Waals surface area (Å²) in [6.07, 6.45) is 1.09. The Balaban J connectivity index is 5.68. The monoisotopic (exact) mass is 546 g/mol. The number of nitrogens with zero attached hydrogens (tertiary/aromatic N) is 2. The van der Waals surface area contributed by atoms with Gasteiger partial charge in [-0.05, 0) is 38.0 Å². The van der Waals surface area contributed by atoms with E-state index in [9.17, 15) is 24.3 Å². The molecule has 0 saturated carbocycles. The highest BCUT2D eigenvalue weighted by Gasteiger charge is 2.30. The SMILES string of the molecule is CC(C)CC(NC(=O)C(CCCN=C(N)N)NC(=O)C(CCCN=C(N)N)NC(=O)C(N)CS)C(=O)O. The maximum atomic E-state index is 13.1. The van der Waals surface area contributed by atoms with Crippen molar-refractivity contribution >= 4 is 48.2 Å². The summed E-state index contributed by atoms with van der Waals surface area (Å²) in [6.45, 7) is 4.04. The first kappa shape index (κ1) is 33.7. The van der Waals surface area contributed by atoms with Crippen LogP contribution in [0.5, 0.6) is 0 Å². The van der Waals surface area contributed by atoms with E-state index in [4.69, 9.17) is 28.7 Å². The third-order valence-electron chi connectivity index (χ3n) is 5.01. The first-order valence-electron chi connectivity index (χ1n) is 11.9. The Hall–Kier alpha value is -3.27. The molecule has 0 fully saturated rings. The number of hydrogen-bond donors (Lipinski definition) is 10. The third-order valence-corrected chi connectivity index (χ3v) is 5.41. The number of hydrogen-bond acceptors (Lipinski definition) is 8. The van der Waals surface area contributed by atoms with E-state index in [-0.39, 0.29) is 55.9 Å². The Morgan fingerprint density at radius 2 is 1.19 bits per heavy atom. The van der Waals surface area contributed by atoms with Crippen molar-refractivity contribution < 1.29 is 24.3 Å². The summed E-state index contributed by atoms with van der Waals surface area (Å²) in [7, 11) is 0. The zero-order valence-corrected chi connectivity index (χ0v) is 22.2. The highest BCUT2D eigenvalue weighted by molar-refractivity contribution is 7.80. The van der Waals surface area contributed by atoms with Crippen molar-refractivity contribution in [2.45, 2.75) is 70.1 Å². The number of aliphatic imine (C=N–C) groups is 2. The first-order valence-corrected chi connectivity index (χ1v) is 12.5. The number of carboxylic acid groups (broad SMARTS) is 1. The Labute approximate surface area is 222 Å². The Kier molecular flexibility index (Phi) is 16.5. The third kappa shape index (κ3) is 15.4. The normalized spacial score (nSPS) is 14.0. The number of nitrogens with one attached hydrogen (secondary N) is 3. The van der Waals surface area contributed by atoms with Crippen LogP contribution in [0.4, 0.5) is 0 Å². The minimum atomic E-state index is -1.20. The molecule has 0 heterocycles. The lowest BCUT2D eigenvalue weighted by molar-refractivity contribution is -0.142. The van der Waals surface area contributed by atoms with Crippen LogP contribution in [-0.2, 0) is 19.2 Å². The van der Waals surface area contributed by atoms with E-state index in [1.807, 2.05) is 13.8 Å². The standard InChI is InChI=1S/C21H42N10O5S/c1-11(2)9-15(19(35)36)31-18(34)14(6-4-8-28-21(25)26)30-17(33)13(5-3-7-27-20(23)24)29-16(32)12(22)10-37/h11-15,37H,3-10,22H2,1-2H3,(H,29,32)(H,30,33)(H,31,34)(H,35,36)(H4,23,24,27)(H4,25,26,28). The molecular weight excluding hydrogens is 504 g/mol. The molecule has 0 aliphatic rings. The average Bonchev–Trinajstić information content (AvgIpc) is 2.80. The topological polar surface area (TPSA) is 279 Å². The van der Waals surface area contributed by atoms with E-state index < -0.39 is 47.9 Å². The summed E-state index contributed by atoms with van der Waals surface area (Å²) < 4.78 is 0. The largest absolute Gasteiger partial charge is 0.480 e. The van der Waals surface area contributed by atoms with E-state index in [2.05, 4.69) is 38.6 Å². The number of carbonyl (C=O) groups excluding carboxylic acids is 3. The molecule has 0 radical (unpaired) electrons. The zero-order valence-electron chi connectivity index (χ0n) is 21.4. The number of amides is 3. The van der Waals surface area contributed by atoms with E-state index in [1.54, 1.807) is 0 Å². The van der Waals surface area contributed by atoms with Gasteiger partial charge in [-0.1, -0.05) is 13.8 Å². The molecule has 16 heteroatoms. The molecule has 0 bridgehead atoms. The van der Waals surface area contributed by atoms with Crippen LogP contribution in [0.25, 0.3) is 0 Å². The Bertz CT molecular complexity index is 816. The minimum absolute atomic E-state index is 0.00263. The van der Waals surface area contributed by atoms with Gasteiger partial charge in [0.25, 0.3) is 0 Å². The lowest BCUT2D eigenvalue weighted by Crippen LogP contribution is -2.57. The number of carbonyl (C=O) groups is 4. The summed E-state index contributed by atoms with van der Waals surface area (Å²) in [5.41, 5.74) is 27.0. The molecule has 212 valence electrons. The number of carboxylic acids is 1. The number of guanidine groups is 2. The van der Waals surface area contributed by atoms with Gasteiger partial charge in [-0.3, -0.25) is 24.4 Å². The second-order valence-corrected chi connectivity index (χ2v) is 9.20. The van der Waals surface area contributed by atoms with Crippen molar-refractivity contribution in [1.82, 2.24) is 16.0 Å². The summed E-state index contributed by atoms with van der Waals surface area (Å²) in [5, 5.41) is 17.1. The lowest BCUT2D eigenvalue weighted by Gasteiger charge is -2.25. The molecule has 37 heavy (non-hydrogen) atoms. The van der Waals surface area contributed by atoms with Gasteiger partial charge in [0, 0.05) is 18.8 Å². The van der Waals surface area contributed by atoms with Crippen LogP contribution < -0.4 is 44.6 Å². The summed E-state index contributed by atoms with van der Waals surface area (Å²) in [4.78, 5) is 57.8. The van der Waals surface area contributed by atoms with Crippen molar-refractivity contribution in [1.29, 1.82) is 0 Å². The molecule has 0 aromatic carbocycles. The number of nitrogens with two attached hydrogens (primary N) is 5. The van der Waals surface area contributed by atoms with Gasteiger partial charge in [-0.15, -0.1) is 0 Å². The molecule has 0 rings (SSSR count). The van der Waals surface area contributed by atoms with Gasteiger partial charge in [0.05, 0.1) is 6.04 Å². The summed E-state index contributed by atoms with van der Waals surface area (Å²) in [5.74, 6) is -3.35. The van der Waals surface area contributed by atoms with Crippen molar-refractivity contribution in [3.8, 4) is 0 Å². The van der Waals surface area contributed by atoms with Crippen molar-refractivity contribution in [3.05, 3.63) is 0 Å². The average molecular weight is 547 g/mol. The maximum absolute atomic E-state index is 13.1. The van der Waals surface area contributed by atoms with Gasteiger partial charge >= 0.3 is 5.97 Å². The van der Waals surface area contributed by atoms with Crippen LogP contribution in [0, 0.1) is 5.92 Å². The second-order valence-electron chi connectivity index (χ2n) is 8.84. The van der Waals surface area contributed by atoms with Crippen molar-refractivity contribution in [3.63, 3.8) is 0 Å². The molecule has 15 nitrogen and oxygen atoms in total. The predicted octanol–water partition coefficient (Wildman–Crippen LogP) is -3.06. The molecule has 4 unspecified atom stereocenters. The van der Waals surface area contributed by atoms with Crippen molar-refractivity contribution in [2.75, 3.05) is 18.8 Å². The van der Waals surface area contributed by atoms with Crippen LogP contribution in [-0.4, -0.2) is 83.7 Å². The molecule has 3 amide bonds. The second kappa shape index (κ2) is 18.0. The molecule has 0 aromatic rings. The van der Waals surface area contributed by atoms with Crippen LogP contribution in [0.2, 0.25) is 0 Å². The molecular formula is C21H42N10O5S. The summed E-state index contributed by atoms with van der Waals surface area (Å²) in [6, 6.07) is -4.28. The van der Waals surface area contributed by atoms with E-state index in [1.165, 1.54) is 0 Å². The minimum Gasteiger partial charge on any atom is -0.480 e. The Morgan fingerprint density at radius 3 is 1.54 bits per heavy atom. The van der Waals surface area contributed by atoms with Crippen LogP contribution >= 0.6 is 12.6 Å². The van der Waals surface area contributed by atoms with Gasteiger partial charge in [-0.2, -0.15) is 12.6 Å². The first-order chi connectivity index (χ1) is 17.3. The zero-order chi connectivity index (χ0) is 28.5. The van der Waals surface area contributed by atoms with Gasteiger partial charge in [-0.25, -0.2) is 4.79 Å². The summed E-state index contributed by atoms with van der Waals surface area (Å²) >= 11 is 3.99. The van der Waals surface area contributed by atoms with Crippen LogP contribution in [0.15, 0.2) is 9.98 Å². The van der Waals surface area contributed by atoms with Gasteiger partial charge in [0.1, 0.15) is 18.1 Å². The van der Waals surface area contributed by atoms with Gasteiger partial charge in [0.2, 0.25) is 17.7 Å². The molecule has 0 aliphatic carbocycles. The highest BCUT2D eigenvalue weighted by Crippen LogP contribution is 2.08. The molecule has 0 spiro atoms. The fourth-order valence-corrected chi connectivity index (χ4v) is 3.31. The number of thiol groups is 1. The molecule has 4 atom stereocenters. The molecule has 14 N–H and O–H groups in total. The van der Waals surface area contributed by atoms with Gasteiger partial charge < -0.3 is 49.7 Å². The Morgan fingerprint density at radius 1 is 0.784 bits per heavy atom. The quantitative estimate of drug-likeness (QED) is 0.0358. The van der Waals surface area contributed by atoms with Crippen molar-refractivity contribution in [2.24, 2.45) is 44.6 Å². The number of aliphatic carboxylic acids is 1. The molecule has 0 aliphatic heterocycles. The van der Waals surface area contributed by atoms with E-state index in [0.29, 0.717) is 12.8 Å². The fourth-order valence-electron chi connectivity index (χ4n) is 3.14. The smallest absolute Gasteiger partial charge is 0.326 e.